The van der Waals surface area contributed by atoms with Crippen molar-refractivity contribution in [2.24, 2.45) is 10.4 Å². The molecule has 1 unspecified atom stereocenters. The first kappa shape index (κ1) is 23.7. The highest BCUT2D eigenvalue weighted by atomic mass is 127. The van der Waals surface area contributed by atoms with Crippen molar-refractivity contribution in [2.45, 2.75) is 44.9 Å². The van der Waals surface area contributed by atoms with Crippen molar-refractivity contribution in [3.8, 4) is 0 Å². The maximum atomic E-state index is 12.7. The number of benzene rings is 1. The summed E-state index contributed by atoms with van der Waals surface area (Å²) in [6.45, 7) is 3.68. The molecule has 2 rings (SSSR count). The van der Waals surface area contributed by atoms with Crippen molar-refractivity contribution in [2.75, 3.05) is 34.2 Å². The molecule has 1 atom stereocenters. The van der Waals surface area contributed by atoms with Crippen molar-refractivity contribution in [1.82, 2.24) is 15.5 Å². The summed E-state index contributed by atoms with van der Waals surface area (Å²) in [5, 5.41) is 6.85. The molecule has 0 heterocycles. The number of halogens is 1. The number of aliphatic imine (C=N–C) groups is 1. The molecule has 0 saturated heterocycles. The summed E-state index contributed by atoms with van der Waals surface area (Å²) in [6.07, 6.45) is 5.22. The SMILES string of the molecule is CCC(CNC(=NC)NCC1(C(=O)N(C)C)CCCC1)c1ccccc1.I. The minimum atomic E-state index is -0.287. The molecule has 0 aliphatic heterocycles. The standard InChI is InChI=1S/C21H34N4O.HI/c1-5-17(18-11-7-6-8-12-18)15-23-20(22-2)24-16-21(13-9-10-14-21)19(26)25(3)4;/h6-8,11-12,17H,5,9-10,13-16H2,1-4H3,(H2,22,23,24);1H. The van der Waals surface area contributed by atoms with Crippen LogP contribution in [-0.2, 0) is 4.79 Å². The molecule has 1 saturated carbocycles. The van der Waals surface area contributed by atoms with Gasteiger partial charge in [-0.05, 0) is 24.8 Å². The van der Waals surface area contributed by atoms with Crippen LogP contribution < -0.4 is 10.6 Å². The Morgan fingerprint density at radius 2 is 1.81 bits per heavy atom. The molecule has 1 fully saturated rings. The van der Waals surface area contributed by atoms with Crippen LogP contribution in [-0.4, -0.2) is 51.0 Å². The molecular weight excluding hydrogens is 451 g/mol. The summed E-state index contributed by atoms with van der Waals surface area (Å²) in [5.41, 5.74) is 1.05. The number of carbonyl (C=O) groups is 1. The first-order valence-corrected chi connectivity index (χ1v) is 9.73. The minimum absolute atomic E-state index is 0. The highest BCUT2D eigenvalue weighted by molar-refractivity contribution is 14.0. The molecule has 27 heavy (non-hydrogen) atoms. The van der Waals surface area contributed by atoms with E-state index in [2.05, 4.69) is 46.8 Å². The van der Waals surface area contributed by atoms with Crippen molar-refractivity contribution < 1.29 is 4.79 Å². The van der Waals surface area contributed by atoms with Crippen LogP contribution in [0.1, 0.15) is 50.5 Å². The molecule has 5 nitrogen and oxygen atoms in total. The van der Waals surface area contributed by atoms with E-state index >= 15 is 0 Å². The third kappa shape index (κ3) is 6.36. The van der Waals surface area contributed by atoms with Crippen LogP contribution in [0.2, 0.25) is 0 Å². The van der Waals surface area contributed by atoms with Crippen LogP contribution in [0.15, 0.2) is 35.3 Å². The molecule has 0 radical (unpaired) electrons. The Hall–Kier alpha value is -1.31. The van der Waals surface area contributed by atoms with E-state index in [1.165, 1.54) is 5.56 Å². The van der Waals surface area contributed by atoms with E-state index < -0.39 is 0 Å². The van der Waals surface area contributed by atoms with Gasteiger partial charge in [0.2, 0.25) is 5.91 Å². The summed E-state index contributed by atoms with van der Waals surface area (Å²) in [6, 6.07) is 10.6. The van der Waals surface area contributed by atoms with E-state index in [0.717, 1.165) is 44.6 Å². The minimum Gasteiger partial charge on any atom is -0.356 e. The first-order valence-electron chi connectivity index (χ1n) is 9.73. The maximum Gasteiger partial charge on any atom is 0.230 e. The van der Waals surface area contributed by atoms with Crippen LogP contribution in [0.4, 0.5) is 0 Å². The average molecular weight is 486 g/mol. The predicted octanol–water partition coefficient (Wildman–Crippen LogP) is 3.61. The van der Waals surface area contributed by atoms with Crippen molar-refractivity contribution in [1.29, 1.82) is 0 Å². The number of rotatable bonds is 7. The number of guanidine groups is 1. The lowest BCUT2D eigenvalue weighted by atomic mass is 9.84. The molecule has 1 amide bonds. The summed E-state index contributed by atoms with van der Waals surface area (Å²) < 4.78 is 0. The van der Waals surface area contributed by atoms with Gasteiger partial charge in [0.25, 0.3) is 0 Å². The smallest absolute Gasteiger partial charge is 0.230 e. The Bertz CT molecular complexity index is 597. The quantitative estimate of drug-likeness (QED) is 0.352. The van der Waals surface area contributed by atoms with Gasteiger partial charge in [-0.15, -0.1) is 24.0 Å². The fraction of sp³-hybridized carbons (Fsp3) is 0.619. The van der Waals surface area contributed by atoms with Gasteiger partial charge in [-0.3, -0.25) is 9.79 Å². The molecule has 6 heteroatoms. The van der Waals surface area contributed by atoms with Crippen LogP contribution in [0.5, 0.6) is 0 Å². The average Bonchev–Trinajstić information content (AvgIpc) is 3.14. The molecular formula is C21H35IN4O. The second kappa shape index (κ2) is 11.5. The van der Waals surface area contributed by atoms with Crippen LogP contribution >= 0.6 is 24.0 Å². The zero-order chi connectivity index (χ0) is 19.0. The Morgan fingerprint density at radius 1 is 1.19 bits per heavy atom. The normalized spacial score (nSPS) is 17.0. The molecule has 1 aliphatic carbocycles. The lowest BCUT2D eigenvalue weighted by Gasteiger charge is -2.31. The predicted molar refractivity (Wildman–Crippen MR) is 124 cm³/mol. The lowest BCUT2D eigenvalue weighted by molar-refractivity contribution is -0.138. The summed E-state index contributed by atoms with van der Waals surface area (Å²) in [7, 11) is 5.48. The van der Waals surface area contributed by atoms with E-state index in [4.69, 9.17) is 0 Å². The topological polar surface area (TPSA) is 56.7 Å². The van der Waals surface area contributed by atoms with Crippen LogP contribution in [0.25, 0.3) is 0 Å². The van der Waals surface area contributed by atoms with Crippen molar-refractivity contribution in [3.05, 3.63) is 35.9 Å². The molecule has 1 aromatic rings. The van der Waals surface area contributed by atoms with Gasteiger partial charge in [0, 0.05) is 40.2 Å². The zero-order valence-corrected chi connectivity index (χ0v) is 19.5. The monoisotopic (exact) mass is 486 g/mol. The second-order valence-electron chi connectivity index (χ2n) is 7.51. The number of carbonyl (C=O) groups excluding carboxylic acids is 1. The van der Waals surface area contributed by atoms with E-state index in [-0.39, 0.29) is 35.3 Å². The molecule has 2 N–H and O–H groups in total. The molecule has 0 spiro atoms. The van der Waals surface area contributed by atoms with Gasteiger partial charge in [0.05, 0.1) is 5.41 Å². The van der Waals surface area contributed by atoms with Gasteiger partial charge in [0.1, 0.15) is 0 Å². The van der Waals surface area contributed by atoms with E-state index in [1.807, 2.05) is 20.2 Å². The van der Waals surface area contributed by atoms with Gasteiger partial charge in [0.15, 0.2) is 5.96 Å². The highest BCUT2D eigenvalue weighted by Gasteiger charge is 2.42. The number of amides is 1. The van der Waals surface area contributed by atoms with Gasteiger partial charge in [-0.1, -0.05) is 50.1 Å². The van der Waals surface area contributed by atoms with Crippen LogP contribution in [0.3, 0.4) is 0 Å². The van der Waals surface area contributed by atoms with Gasteiger partial charge in [-0.25, -0.2) is 0 Å². The third-order valence-corrected chi connectivity index (χ3v) is 5.52. The molecule has 1 aromatic carbocycles. The largest absolute Gasteiger partial charge is 0.356 e. The Morgan fingerprint density at radius 3 is 2.33 bits per heavy atom. The van der Waals surface area contributed by atoms with Crippen molar-refractivity contribution in [3.63, 3.8) is 0 Å². The van der Waals surface area contributed by atoms with Gasteiger partial charge in [-0.2, -0.15) is 0 Å². The number of hydrogen-bond donors (Lipinski definition) is 2. The maximum absolute atomic E-state index is 12.7. The summed E-state index contributed by atoms with van der Waals surface area (Å²) >= 11 is 0. The highest BCUT2D eigenvalue weighted by Crippen LogP contribution is 2.38. The Kier molecular flexibility index (Phi) is 10.1. The third-order valence-electron chi connectivity index (χ3n) is 5.52. The van der Waals surface area contributed by atoms with E-state index in [9.17, 15) is 4.79 Å². The molecule has 1 aliphatic rings. The molecule has 0 bridgehead atoms. The number of hydrogen-bond acceptors (Lipinski definition) is 2. The fourth-order valence-electron chi connectivity index (χ4n) is 3.91. The lowest BCUT2D eigenvalue weighted by Crippen LogP contribution is -2.49. The Balaban J connectivity index is 0.00000364. The zero-order valence-electron chi connectivity index (χ0n) is 17.1. The molecule has 0 aromatic heterocycles. The van der Waals surface area contributed by atoms with E-state index in [0.29, 0.717) is 12.5 Å². The first-order chi connectivity index (χ1) is 12.5. The number of nitrogens with zero attached hydrogens (tertiary/aromatic N) is 2. The van der Waals surface area contributed by atoms with Crippen molar-refractivity contribution >= 4 is 35.8 Å². The van der Waals surface area contributed by atoms with Gasteiger partial charge >= 0.3 is 0 Å². The fourth-order valence-corrected chi connectivity index (χ4v) is 3.91. The number of nitrogens with one attached hydrogen (secondary N) is 2. The van der Waals surface area contributed by atoms with Crippen LogP contribution in [0, 0.1) is 5.41 Å². The molecule has 152 valence electrons. The Labute approximate surface area is 181 Å². The summed E-state index contributed by atoms with van der Waals surface area (Å²) in [5.74, 6) is 1.45. The second-order valence-corrected chi connectivity index (χ2v) is 7.51. The van der Waals surface area contributed by atoms with Gasteiger partial charge < -0.3 is 15.5 Å². The summed E-state index contributed by atoms with van der Waals surface area (Å²) in [4.78, 5) is 18.8. The van der Waals surface area contributed by atoms with E-state index in [1.54, 1.807) is 11.9 Å².